The van der Waals surface area contributed by atoms with Gasteiger partial charge in [-0.2, -0.15) is 0 Å². The molecule has 136 valence electrons. The molecule has 1 aromatic heterocycles. The second kappa shape index (κ2) is 6.92. The molecule has 1 N–H and O–H groups in total. The summed E-state index contributed by atoms with van der Waals surface area (Å²) in [6.07, 6.45) is 0. The fraction of sp³-hybridized carbons (Fsp3) is 0.421. The van der Waals surface area contributed by atoms with Crippen LogP contribution in [0.4, 0.5) is 5.82 Å². The van der Waals surface area contributed by atoms with Gasteiger partial charge < -0.3 is 19.9 Å². The maximum absolute atomic E-state index is 12.7. The normalized spacial score (nSPS) is 16.8. The monoisotopic (exact) mass is 353 g/mol. The van der Waals surface area contributed by atoms with E-state index < -0.39 is 0 Å². The Morgan fingerprint density at radius 3 is 2.92 bits per heavy atom. The zero-order valence-electron chi connectivity index (χ0n) is 15.2. The summed E-state index contributed by atoms with van der Waals surface area (Å²) in [7, 11) is 1.65. The van der Waals surface area contributed by atoms with Crippen LogP contribution in [0.5, 0.6) is 5.75 Å². The highest BCUT2D eigenvalue weighted by atomic mass is 16.5. The Hall–Kier alpha value is -2.67. The van der Waals surface area contributed by atoms with Crippen molar-refractivity contribution in [1.29, 1.82) is 0 Å². The van der Waals surface area contributed by atoms with Gasteiger partial charge in [0.15, 0.2) is 0 Å². The molecule has 2 aromatic rings. The Labute approximate surface area is 153 Å². The average molecular weight is 353 g/mol. The Morgan fingerprint density at radius 2 is 2.12 bits per heavy atom. The van der Waals surface area contributed by atoms with Crippen LogP contribution in [0.15, 0.2) is 24.3 Å². The van der Waals surface area contributed by atoms with Crippen LogP contribution in [0.3, 0.4) is 0 Å². The lowest BCUT2D eigenvalue weighted by molar-refractivity contribution is -0.131. The van der Waals surface area contributed by atoms with E-state index in [2.05, 4.69) is 20.2 Å². The van der Waals surface area contributed by atoms with Gasteiger partial charge in [-0.3, -0.25) is 4.79 Å². The predicted octanol–water partition coefficient (Wildman–Crippen LogP) is 1.25. The maximum Gasteiger partial charge on any atom is 0.242 e. The van der Waals surface area contributed by atoms with E-state index in [1.165, 1.54) is 0 Å². The second-order valence-electron chi connectivity index (χ2n) is 6.71. The lowest BCUT2D eigenvalue weighted by Gasteiger charge is -2.35. The van der Waals surface area contributed by atoms with Crippen LogP contribution >= 0.6 is 0 Å². The average Bonchev–Trinajstić information content (AvgIpc) is 3.11. The van der Waals surface area contributed by atoms with Crippen molar-refractivity contribution < 1.29 is 9.53 Å². The molecule has 1 amide bonds. The van der Waals surface area contributed by atoms with Gasteiger partial charge in [-0.1, -0.05) is 12.1 Å². The predicted molar refractivity (Wildman–Crippen MR) is 97.9 cm³/mol. The standard InChI is InChI=1S/C19H23N5O2/c1-13-21-17-10-20-9-16(17)19(22-13)24-7-6-23(18(25)12-24)11-14-4-3-5-15(8-14)26-2/h3-5,8,20H,6-7,9-12H2,1-2H3. The summed E-state index contributed by atoms with van der Waals surface area (Å²) in [5.41, 5.74) is 3.26. The van der Waals surface area contributed by atoms with Crippen molar-refractivity contribution in [2.45, 2.75) is 26.6 Å². The lowest BCUT2D eigenvalue weighted by Crippen LogP contribution is -2.50. The van der Waals surface area contributed by atoms with Crippen molar-refractivity contribution in [1.82, 2.24) is 20.2 Å². The first-order valence-corrected chi connectivity index (χ1v) is 8.87. The van der Waals surface area contributed by atoms with E-state index in [1.54, 1.807) is 7.11 Å². The number of hydrogen-bond donors (Lipinski definition) is 1. The van der Waals surface area contributed by atoms with Gasteiger partial charge in [-0.25, -0.2) is 9.97 Å². The minimum atomic E-state index is 0.120. The number of aromatic nitrogens is 2. The summed E-state index contributed by atoms with van der Waals surface area (Å²) in [6, 6.07) is 7.87. The molecule has 0 saturated carbocycles. The van der Waals surface area contributed by atoms with Crippen molar-refractivity contribution >= 4 is 11.7 Å². The molecule has 7 heteroatoms. The first-order chi connectivity index (χ1) is 12.6. The molecule has 0 bridgehead atoms. The van der Waals surface area contributed by atoms with Crippen LogP contribution in [-0.4, -0.2) is 47.5 Å². The molecular weight excluding hydrogens is 330 g/mol. The van der Waals surface area contributed by atoms with Crippen molar-refractivity contribution in [2.24, 2.45) is 0 Å². The number of hydrogen-bond acceptors (Lipinski definition) is 6. The Kier molecular flexibility index (Phi) is 4.46. The van der Waals surface area contributed by atoms with E-state index in [0.717, 1.165) is 53.8 Å². The molecule has 2 aliphatic rings. The third kappa shape index (κ3) is 3.22. The van der Waals surface area contributed by atoms with Crippen LogP contribution in [-0.2, 0) is 24.4 Å². The third-order valence-electron chi connectivity index (χ3n) is 4.90. The molecule has 1 fully saturated rings. The number of carbonyl (C=O) groups excluding carboxylic acids is 1. The highest BCUT2D eigenvalue weighted by molar-refractivity contribution is 5.82. The zero-order valence-corrected chi connectivity index (χ0v) is 15.2. The van der Waals surface area contributed by atoms with E-state index in [-0.39, 0.29) is 5.91 Å². The number of amides is 1. The van der Waals surface area contributed by atoms with Crippen LogP contribution in [0.2, 0.25) is 0 Å². The number of aryl methyl sites for hydroxylation is 1. The fourth-order valence-electron chi connectivity index (χ4n) is 3.58. The number of anilines is 1. The number of carbonyl (C=O) groups is 1. The van der Waals surface area contributed by atoms with Gasteiger partial charge in [0.05, 0.1) is 19.3 Å². The van der Waals surface area contributed by atoms with Gasteiger partial charge in [0.2, 0.25) is 5.91 Å². The number of rotatable bonds is 4. The molecule has 1 saturated heterocycles. The highest BCUT2D eigenvalue weighted by Crippen LogP contribution is 2.26. The summed E-state index contributed by atoms with van der Waals surface area (Å²) in [5.74, 6) is 2.60. The van der Waals surface area contributed by atoms with E-state index >= 15 is 0 Å². The number of nitrogens with one attached hydrogen (secondary N) is 1. The van der Waals surface area contributed by atoms with Gasteiger partial charge in [-0.05, 0) is 24.6 Å². The van der Waals surface area contributed by atoms with Gasteiger partial charge in [0.1, 0.15) is 17.4 Å². The smallest absolute Gasteiger partial charge is 0.242 e. The second-order valence-corrected chi connectivity index (χ2v) is 6.71. The molecule has 0 radical (unpaired) electrons. The molecule has 0 unspecified atom stereocenters. The van der Waals surface area contributed by atoms with Crippen LogP contribution in [0.1, 0.15) is 22.6 Å². The molecule has 4 rings (SSSR count). The van der Waals surface area contributed by atoms with Crippen molar-refractivity contribution in [3.63, 3.8) is 0 Å². The van der Waals surface area contributed by atoms with E-state index in [1.807, 2.05) is 36.1 Å². The molecule has 0 atom stereocenters. The molecule has 0 spiro atoms. The van der Waals surface area contributed by atoms with Crippen LogP contribution in [0.25, 0.3) is 0 Å². The summed E-state index contributed by atoms with van der Waals surface area (Å²) in [4.78, 5) is 25.8. The lowest BCUT2D eigenvalue weighted by atomic mass is 10.1. The van der Waals surface area contributed by atoms with Crippen LogP contribution < -0.4 is 15.0 Å². The number of nitrogens with zero attached hydrogens (tertiary/aromatic N) is 4. The SMILES string of the molecule is COc1cccc(CN2CCN(c3nc(C)nc4c3CNC4)CC2=O)c1. The summed E-state index contributed by atoms with van der Waals surface area (Å²) in [5, 5.41) is 3.32. The molecular formula is C19H23N5O2. The zero-order chi connectivity index (χ0) is 18.1. The van der Waals surface area contributed by atoms with Crippen LogP contribution in [0, 0.1) is 6.92 Å². The van der Waals surface area contributed by atoms with E-state index in [4.69, 9.17) is 4.74 Å². The molecule has 0 aliphatic carbocycles. The van der Waals surface area contributed by atoms with Gasteiger partial charge >= 0.3 is 0 Å². The third-order valence-corrected chi connectivity index (χ3v) is 4.90. The largest absolute Gasteiger partial charge is 0.497 e. The molecule has 26 heavy (non-hydrogen) atoms. The molecule has 3 heterocycles. The van der Waals surface area contributed by atoms with Crippen molar-refractivity contribution in [3.05, 3.63) is 46.9 Å². The van der Waals surface area contributed by atoms with E-state index in [9.17, 15) is 4.79 Å². The first-order valence-electron chi connectivity index (χ1n) is 8.87. The summed E-state index contributed by atoms with van der Waals surface area (Å²) in [6.45, 7) is 5.86. The maximum atomic E-state index is 12.7. The summed E-state index contributed by atoms with van der Waals surface area (Å²) < 4.78 is 5.27. The number of methoxy groups -OCH3 is 1. The summed E-state index contributed by atoms with van der Waals surface area (Å²) >= 11 is 0. The molecule has 7 nitrogen and oxygen atoms in total. The fourth-order valence-corrected chi connectivity index (χ4v) is 3.58. The number of fused-ring (bicyclic) bond motifs is 1. The number of benzene rings is 1. The Morgan fingerprint density at radius 1 is 1.23 bits per heavy atom. The molecule has 1 aromatic carbocycles. The number of piperazine rings is 1. The van der Waals surface area contributed by atoms with Crippen molar-refractivity contribution in [2.75, 3.05) is 31.6 Å². The van der Waals surface area contributed by atoms with Gasteiger partial charge in [-0.15, -0.1) is 0 Å². The van der Waals surface area contributed by atoms with E-state index in [0.29, 0.717) is 19.6 Å². The Bertz CT molecular complexity index is 839. The van der Waals surface area contributed by atoms with Gasteiger partial charge in [0.25, 0.3) is 0 Å². The minimum Gasteiger partial charge on any atom is -0.497 e. The minimum absolute atomic E-state index is 0.120. The first kappa shape index (κ1) is 16.8. The molecule has 2 aliphatic heterocycles. The topological polar surface area (TPSA) is 70.6 Å². The quantitative estimate of drug-likeness (QED) is 0.892. The van der Waals surface area contributed by atoms with Gasteiger partial charge in [0, 0.05) is 38.3 Å². The van der Waals surface area contributed by atoms with Crippen molar-refractivity contribution in [3.8, 4) is 5.75 Å². The number of ether oxygens (including phenoxy) is 1. The highest BCUT2D eigenvalue weighted by Gasteiger charge is 2.28. The Balaban J connectivity index is 1.48.